The van der Waals surface area contributed by atoms with Crippen LogP contribution in [-0.2, 0) is 4.79 Å². The predicted octanol–water partition coefficient (Wildman–Crippen LogP) is 2.59. The third-order valence-corrected chi connectivity index (χ3v) is 2.74. The molecule has 0 aliphatic rings. The molecule has 0 saturated carbocycles. The Kier molecular flexibility index (Phi) is 6.03. The largest absolute Gasteiger partial charge is 0.493 e. The summed E-state index contributed by atoms with van der Waals surface area (Å²) in [5.74, 6) is 1.52. The van der Waals surface area contributed by atoms with E-state index in [4.69, 9.17) is 9.47 Å². The molecule has 1 N–H and O–H groups in total. The molecule has 0 aromatic heterocycles. The molecule has 0 heterocycles. The Morgan fingerprint density at radius 1 is 1.25 bits per heavy atom. The Bertz CT molecular complexity index is 496. The maximum absolute atomic E-state index is 11.5. The minimum absolute atomic E-state index is 0.0835. The minimum Gasteiger partial charge on any atom is -0.493 e. The van der Waals surface area contributed by atoms with Crippen molar-refractivity contribution in [1.82, 2.24) is 5.43 Å². The van der Waals surface area contributed by atoms with Gasteiger partial charge >= 0.3 is 0 Å². The van der Waals surface area contributed by atoms with Gasteiger partial charge in [0.25, 0.3) is 0 Å². The molecule has 0 spiro atoms. The molecule has 1 aromatic carbocycles. The summed E-state index contributed by atoms with van der Waals surface area (Å²) in [6, 6.07) is 5.50. The highest BCUT2D eigenvalue weighted by atomic mass is 16.5. The van der Waals surface area contributed by atoms with Gasteiger partial charge in [0.05, 0.1) is 19.9 Å². The van der Waals surface area contributed by atoms with E-state index in [2.05, 4.69) is 10.5 Å². The third kappa shape index (κ3) is 4.57. The summed E-state index contributed by atoms with van der Waals surface area (Å²) in [7, 11) is 3.17. The van der Waals surface area contributed by atoms with Crippen LogP contribution in [0.1, 0.15) is 32.8 Å². The summed E-state index contributed by atoms with van der Waals surface area (Å²) >= 11 is 0. The van der Waals surface area contributed by atoms with Crippen LogP contribution in [0.2, 0.25) is 0 Å². The average Bonchev–Trinajstić information content (AvgIpc) is 2.43. The van der Waals surface area contributed by atoms with Crippen molar-refractivity contribution in [3.63, 3.8) is 0 Å². The predicted molar refractivity (Wildman–Crippen MR) is 79.4 cm³/mol. The van der Waals surface area contributed by atoms with Crippen LogP contribution in [0.5, 0.6) is 11.5 Å². The fourth-order valence-corrected chi connectivity index (χ4v) is 1.69. The number of rotatable bonds is 6. The van der Waals surface area contributed by atoms with Crippen molar-refractivity contribution >= 4 is 11.6 Å². The van der Waals surface area contributed by atoms with E-state index in [0.29, 0.717) is 29.5 Å². The maximum atomic E-state index is 11.5. The van der Waals surface area contributed by atoms with Gasteiger partial charge in [-0.2, -0.15) is 5.10 Å². The molecule has 0 atom stereocenters. The van der Waals surface area contributed by atoms with Crippen LogP contribution in [0.3, 0.4) is 0 Å². The van der Waals surface area contributed by atoms with Gasteiger partial charge in [-0.15, -0.1) is 0 Å². The SMILES string of the molecule is COc1ccc(/C(C)=N/NC(=O)CC(C)C)cc1OC. The Labute approximate surface area is 120 Å². The van der Waals surface area contributed by atoms with Crippen LogP contribution in [-0.4, -0.2) is 25.8 Å². The second-order valence-electron chi connectivity index (χ2n) is 4.90. The zero-order valence-electron chi connectivity index (χ0n) is 12.7. The molecule has 5 heteroatoms. The summed E-state index contributed by atoms with van der Waals surface area (Å²) in [6.07, 6.45) is 0.461. The Morgan fingerprint density at radius 2 is 1.90 bits per heavy atom. The number of carbonyl (C=O) groups excluding carboxylic acids is 1. The van der Waals surface area contributed by atoms with Gasteiger partial charge in [-0.05, 0) is 31.0 Å². The lowest BCUT2D eigenvalue weighted by Crippen LogP contribution is -2.20. The van der Waals surface area contributed by atoms with Gasteiger partial charge in [-0.25, -0.2) is 5.43 Å². The average molecular weight is 278 g/mol. The molecular formula is C15H22N2O3. The molecule has 0 saturated heterocycles. The first-order valence-electron chi connectivity index (χ1n) is 6.53. The van der Waals surface area contributed by atoms with Crippen molar-refractivity contribution in [1.29, 1.82) is 0 Å². The molecule has 110 valence electrons. The summed E-state index contributed by atoms with van der Waals surface area (Å²) < 4.78 is 10.4. The zero-order valence-corrected chi connectivity index (χ0v) is 12.7. The Hall–Kier alpha value is -2.04. The molecule has 1 aromatic rings. The van der Waals surface area contributed by atoms with Gasteiger partial charge in [0, 0.05) is 12.0 Å². The first-order valence-corrected chi connectivity index (χ1v) is 6.53. The lowest BCUT2D eigenvalue weighted by Gasteiger charge is -2.09. The van der Waals surface area contributed by atoms with E-state index in [1.54, 1.807) is 14.2 Å². The van der Waals surface area contributed by atoms with Crippen LogP contribution in [0.15, 0.2) is 23.3 Å². The molecule has 0 unspecified atom stereocenters. The molecule has 0 fully saturated rings. The van der Waals surface area contributed by atoms with Gasteiger partial charge in [-0.1, -0.05) is 13.8 Å². The molecular weight excluding hydrogens is 256 g/mol. The van der Waals surface area contributed by atoms with E-state index in [9.17, 15) is 4.79 Å². The number of carbonyl (C=O) groups is 1. The van der Waals surface area contributed by atoms with Crippen LogP contribution >= 0.6 is 0 Å². The third-order valence-electron chi connectivity index (χ3n) is 2.74. The molecule has 20 heavy (non-hydrogen) atoms. The minimum atomic E-state index is -0.0835. The fraction of sp³-hybridized carbons (Fsp3) is 0.467. The van der Waals surface area contributed by atoms with Crippen molar-refractivity contribution in [2.45, 2.75) is 27.2 Å². The van der Waals surface area contributed by atoms with Crippen LogP contribution in [0, 0.1) is 5.92 Å². The molecule has 1 amide bonds. The van der Waals surface area contributed by atoms with Crippen molar-refractivity contribution in [3.8, 4) is 11.5 Å². The standard InChI is InChI=1S/C15H22N2O3/c1-10(2)8-15(18)17-16-11(3)12-6-7-13(19-4)14(9-12)20-5/h6-7,9-10H,8H2,1-5H3,(H,17,18)/b16-11+. The number of benzene rings is 1. The lowest BCUT2D eigenvalue weighted by molar-refractivity contribution is -0.121. The van der Waals surface area contributed by atoms with E-state index in [1.165, 1.54) is 0 Å². The number of amides is 1. The molecule has 5 nitrogen and oxygen atoms in total. The van der Waals surface area contributed by atoms with Crippen molar-refractivity contribution in [2.24, 2.45) is 11.0 Å². The Morgan fingerprint density at radius 3 is 2.45 bits per heavy atom. The summed E-state index contributed by atoms with van der Waals surface area (Å²) in [5, 5.41) is 4.10. The van der Waals surface area contributed by atoms with E-state index < -0.39 is 0 Å². The molecule has 1 rings (SSSR count). The maximum Gasteiger partial charge on any atom is 0.240 e. The van der Waals surface area contributed by atoms with Gasteiger partial charge < -0.3 is 9.47 Å². The topological polar surface area (TPSA) is 59.9 Å². The van der Waals surface area contributed by atoms with Crippen LogP contribution in [0.25, 0.3) is 0 Å². The summed E-state index contributed by atoms with van der Waals surface area (Å²) in [5.41, 5.74) is 4.13. The number of hydrazone groups is 1. The summed E-state index contributed by atoms with van der Waals surface area (Å²) in [4.78, 5) is 11.5. The second-order valence-corrected chi connectivity index (χ2v) is 4.90. The number of nitrogens with one attached hydrogen (secondary N) is 1. The van der Waals surface area contributed by atoms with E-state index in [0.717, 1.165) is 5.56 Å². The van der Waals surface area contributed by atoms with Gasteiger partial charge in [0.2, 0.25) is 5.91 Å². The van der Waals surface area contributed by atoms with Gasteiger partial charge in [0.15, 0.2) is 11.5 Å². The fourth-order valence-electron chi connectivity index (χ4n) is 1.69. The number of hydrogen-bond acceptors (Lipinski definition) is 4. The monoisotopic (exact) mass is 278 g/mol. The molecule has 0 radical (unpaired) electrons. The molecule has 0 bridgehead atoms. The Balaban J connectivity index is 2.81. The van der Waals surface area contributed by atoms with Crippen molar-refractivity contribution in [3.05, 3.63) is 23.8 Å². The quantitative estimate of drug-likeness (QED) is 0.642. The number of hydrogen-bond donors (Lipinski definition) is 1. The summed E-state index contributed by atoms with van der Waals surface area (Å²) in [6.45, 7) is 5.81. The van der Waals surface area contributed by atoms with Crippen LogP contribution in [0.4, 0.5) is 0 Å². The second kappa shape index (κ2) is 7.53. The number of ether oxygens (including phenoxy) is 2. The van der Waals surface area contributed by atoms with E-state index in [-0.39, 0.29) is 5.91 Å². The number of methoxy groups -OCH3 is 2. The normalized spacial score (nSPS) is 11.4. The van der Waals surface area contributed by atoms with Gasteiger partial charge in [0.1, 0.15) is 0 Å². The van der Waals surface area contributed by atoms with E-state index >= 15 is 0 Å². The first kappa shape index (κ1) is 16.0. The number of nitrogens with zero attached hydrogens (tertiary/aromatic N) is 1. The van der Waals surface area contributed by atoms with Crippen molar-refractivity contribution in [2.75, 3.05) is 14.2 Å². The first-order chi connectivity index (χ1) is 9.47. The highest BCUT2D eigenvalue weighted by molar-refractivity contribution is 5.99. The van der Waals surface area contributed by atoms with Crippen molar-refractivity contribution < 1.29 is 14.3 Å². The zero-order chi connectivity index (χ0) is 15.1. The highest BCUT2D eigenvalue weighted by Crippen LogP contribution is 2.27. The highest BCUT2D eigenvalue weighted by Gasteiger charge is 2.07. The lowest BCUT2D eigenvalue weighted by atomic mass is 10.1. The molecule has 0 aliphatic heterocycles. The van der Waals surface area contributed by atoms with E-state index in [1.807, 2.05) is 39.0 Å². The smallest absolute Gasteiger partial charge is 0.240 e. The molecule has 0 aliphatic carbocycles. The van der Waals surface area contributed by atoms with Gasteiger partial charge in [-0.3, -0.25) is 4.79 Å². The van der Waals surface area contributed by atoms with Crippen LogP contribution < -0.4 is 14.9 Å².